The van der Waals surface area contributed by atoms with Gasteiger partial charge in [0.1, 0.15) is 0 Å². The number of hydrogen-bond acceptors (Lipinski definition) is 4. The summed E-state index contributed by atoms with van der Waals surface area (Å²) in [4.78, 5) is 37.0. The Morgan fingerprint density at radius 1 is 1.29 bits per heavy atom. The predicted molar refractivity (Wildman–Crippen MR) is 93.3 cm³/mol. The molecule has 1 aromatic rings. The summed E-state index contributed by atoms with van der Waals surface area (Å²) in [7, 11) is 0. The van der Waals surface area contributed by atoms with Gasteiger partial charge in [-0.05, 0) is 37.1 Å². The molecular weight excluding hydrogens is 328 g/mol. The van der Waals surface area contributed by atoms with E-state index in [9.17, 15) is 14.4 Å². The number of nitrogens with one attached hydrogen (secondary N) is 1. The SMILES string of the molecule is Cc1ccc(C(=O)NCC(=O)N2CCSCC2CC(=O)O)cc1C. The molecule has 0 spiro atoms. The van der Waals surface area contributed by atoms with Gasteiger partial charge in [-0.3, -0.25) is 14.4 Å². The van der Waals surface area contributed by atoms with Crippen molar-refractivity contribution >= 4 is 29.5 Å². The highest BCUT2D eigenvalue weighted by molar-refractivity contribution is 7.99. The highest BCUT2D eigenvalue weighted by atomic mass is 32.2. The third-order valence-electron chi connectivity index (χ3n) is 4.13. The number of carbonyl (C=O) groups is 3. The number of aliphatic carboxylic acids is 1. The van der Waals surface area contributed by atoms with E-state index in [2.05, 4.69) is 5.32 Å². The minimum atomic E-state index is -0.917. The van der Waals surface area contributed by atoms with Crippen LogP contribution in [0.1, 0.15) is 27.9 Å². The van der Waals surface area contributed by atoms with Crippen LogP contribution in [0.15, 0.2) is 18.2 Å². The van der Waals surface area contributed by atoms with Gasteiger partial charge in [-0.25, -0.2) is 0 Å². The van der Waals surface area contributed by atoms with Gasteiger partial charge in [-0.2, -0.15) is 11.8 Å². The first-order valence-corrected chi connectivity index (χ1v) is 8.98. The second-order valence-electron chi connectivity index (χ2n) is 5.90. The quantitative estimate of drug-likeness (QED) is 0.839. The molecule has 130 valence electrons. The van der Waals surface area contributed by atoms with E-state index in [0.29, 0.717) is 17.9 Å². The number of benzene rings is 1. The van der Waals surface area contributed by atoms with Gasteiger partial charge in [0, 0.05) is 23.6 Å². The molecular formula is C17H22N2O4S. The first kappa shape index (κ1) is 18.3. The first-order valence-electron chi connectivity index (χ1n) is 7.83. The Morgan fingerprint density at radius 3 is 2.71 bits per heavy atom. The lowest BCUT2D eigenvalue weighted by Gasteiger charge is -2.34. The van der Waals surface area contributed by atoms with Gasteiger partial charge < -0.3 is 15.3 Å². The molecule has 2 rings (SSSR count). The number of carbonyl (C=O) groups excluding carboxylic acids is 2. The zero-order valence-corrected chi connectivity index (χ0v) is 14.7. The van der Waals surface area contributed by atoms with Crippen molar-refractivity contribution in [1.82, 2.24) is 10.2 Å². The van der Waals surface area contributed by atoms with Crippen LogP contribution in [0.2, 0.25) is 0 Å². The number of rotatable bonds is 5. The average molecular weight is 350 g/mol. The summed E-state index contributed by atoms with van der Waals surface area (Å²) in [6.45, 7) is 4.30. The number of hydrogen-bond donors (Lipinski definition) is 2. The standard InChI is InChI=1S/C17H22N2O4S/c1-11-3-4-13(7-12(11)2)17(23)18-9-15(20)19-5-6-24-10-14(19)8-16(21)22/h3-4,7,14H,5-6,8-10H2,1-2H3,(H,18,23)(H,21,22). The lowest BCUT2D eigenvalue weighted by molar-refractivity contribution is -0.140. The highest BCUT2D eigenvalue weighted by Crippen LogP contribution is 2.19. The van der Waals surface area contributed by atoms with Crippen LogP contribution in [0.5, 0.6) is 0 Å². The lowest BCUT2D eigenvalue weighted by atomic mass is 10.1. The monoisotopic (exact) mass is 350 g/mol. The van der Waals surface area contributed by atoms with Gasteiger partial charge in [-0.1, -0.05) is 6.07 Å². The molecule has 24 heavy (non-hydrogen) atoms. The second kappa shape index (κ2) is 8.19. The molecule has 1 fully saturated rings. The zero-order valence-electron chi connectivity index (χ0n) is 13.9. The number of carboxylic acid groups (broad SMARTS) is 1. The molecule has 0 radical (unpaired) electrons. The van der Waals surface area contributed by atoms with E-state index in [1.807, 2.05) is 19.9 Å². The minimum Gasteiger partial charge on any atom is -0.481 e. The molecule has 7 heteroatoms. The Labute approximate surface area is 145 Å². The number of amides is 2. The van der Waals surface area contributed by atoms with Gasteiger partial charge in [-0.15, -0.1) is 0 Å². The van der Waals surface area contributed by atoms with Gasteiger partial charge in [0.15, 0.2) is 0 Å². The maximum Gasteiger partial charge on any atom is 0.305 e. The first-order chi connectivity index (χ1) is 11.4. The average Bonchev–Trinajstić information content (AvgIpc) is 2.54. The van der Waals surface area contributed by atoms with Crippen molar-refractivity contribution in [2.45, 2.75) is 26.3 Å². The van der Waals surface area contributed by atoms with Crippen LogP contribution < -0.4 is 5.32 Å². The Balaban J connectivity index is 1.94. The predicted octanol–water partition coefficient (Wildman–Crippen LogP) is 1.45. The Kier molecular flexibility index (Phi) is 6.25. The normalized spacial score (nSPS) is 17.4. The Hall–Kier alpha value is -2.02. The summed E-state index contributed by atoms with van der Waals surface area (Å²) in [5, 5.41) is 11.6. The van der Waals surface area contributed by atoms with Crippen LogP contribution in [0, 0.1) is 13.8 Å². The number of aryl methyl sites for hydroxylation is 2. The zero-order chi connectivity index (χ0) is 17.7. The third kappa shape index (κ3) is 4.74. The van der Waals surface area contributed by atoms with Crippen molar-refractivity contribution < 1.29 is 19.5 Å². The topological polar surface area (TPSA) is 86.7 Å². The summed E-state index contributed by atoms with van der Waals surface area (Å²) >= 11 is 1.65. The fourth-order valence-corrected chi connectivity index (χ4v) is 3.66. The molecule has 0 bridgehead atoms. The van der Waals surface area contributed by atoms with Crippen molar-refractivity contribution in [3.05, 3.63) is 34.9 Å². The molecule has 1 atom stereocenters. The fraction of sp³-hybridized carbons (Fsp3) is 0.471. The van der Waals surface area contributed by atoms with Gasteiger partial charge in [0.25, 0.3) is 5.91 Å². The maximum absolute atomic E-state index is 12.4. The van der Waals surface area contributed by atoms with Crippen molar-refractivity contribution in [3.63, 3.8) is 0 Å². The summed E-state index contributed by atoms with van der Waals surface area (Å²) in [6.07, 6.45) is -0.0656. The van der Waals surface area contributed by atoms with Crippen molar-refractivity contribution in [2.75, 3.05) is 24.6 Å². The molecule has 1 aliphatic heterocycles. The third-order valence-corrected chi connectivity index (χ3v) is 5.22. The molecule has 0 saturated carbocycles. The highest BCUT2D eigenvalue weighted by Gasteiger charge is 2.28. The van der Waals surface area contributed by atoms with Crippen LogP contribution in [0.3, 0.4) is 0 Å². The molecule has 0 aliphatic carbocycles. The number of thioether (sulfide) groups is 1. The molecule has 2 amide bonds. The Bertz CT molecular complexity index is 647. The molecule has 2 N–H and O–H groups in total. The summed E-state index contributed by atoms with van der Waals surface area (Å²) < 4.78 is 0. The molecule has 1 unspecified atom stereocenters. The second-order valence-corrected chi connectivity index (χ2v) is 7.05. The van der Waals surface area contributed by atoms with Crippen LogP contribution in [-0.4, -0.2) is 58.4 Å². The smallest absolute Gasteiger partial charge is 0.305 e. The fourth-order valence-electron chi connectivity index (χ4n) is 2.60. The van der Waals surface area contributed by atoms with Crippen LogP contribution in [0.25, 0.3) is 0 Å². The van der Waals surface area contributed by atoms with E-state index in [1.54, 1.807) is 28.8 Å². The molecule has 6 nitrogen and oxygen atoms in total. The Morgan fingerprint density at radius 2 is 2.04 bits per heavy atom. The summed E-state index contributed by atoms with van der Waals surface area (Å²) in [6, 6.07) is 5.08. The largest absolute Gasteiger partial charge is 0.481 e. The molecule has 1 aromatic carbocycles. The molecule has 1 heterocycles. The van der Waals surface area contributed by atoms with E-state index in [-0.39, 0.29) is 30.8 Å². The molecule has 1 saturated heterocycles. The number of carboxylic acids is 1. The van der Waals surface area contributed by atoms with Crippen molar-refractivity contribution in [1.29, 1.82) is 0 Å². The molecule has 1 aliphatic rings. The maximum atomic E-state index is 12.4. The van der Waals surface area contributed by atoms with Gasteiger partial charge in [0.05, 0.1) is 19.0 Å². The van der Waals surface area contributed by atoms with Crippen LogP contribution in [-0.2, 0) is 9.59 Å². The molecule has 0 aromatic heterocycles. The van der Waals surface area contributed by atoms with Crippen LogP contribution >= 0.6 is 11.8 Å². The van der Waals surface area contributed by atoms with Gasteiger partial charge in [0.2, 0.25) is 5.91 Å². The van der Waals surface area contributed by atoms with E-state index >= 15 is 0 Å². The van der Waals surface area contributed by atoms with Crippen molar-refractivity contribution in [2.24, 2.45) is 0 Å². The van der Waals surface area contributed by atoms with E-state index in [4.69, 9.17) is 5.11 Å². The van der Waals surface area contributed by atoms with Crippen molar-refractivity contribution in [3.8, 4) is 0 Å². The van der Waals surface area contributed by atoms with Gasteiger partial charge >= 0.3 is 5.97 Å². The van der Waals surface area contributed by atoms with E-state index in [1.165, 1.54) is 0 Å². The summed E-state index contributed by atoms with van der Waals surface area (Å²) in [5.41, 5.74) is 2.63. The lowest BCUT2D eigenvalue weighted by Crippen LogP contribution is -2.50. The number of nitrogens with zero attached hydrogens (tertiary/aromatic N) is 1. The van der Waals surface area contributed by atoms with Crippen LogP contribution in [0.4, 0.5) is 0 Å². The summed E-state index contributed by atoms with van der Waals surface area (Å²) in [5.74, 6) is -0.0540. The minimum absolute atomic E-state index is 0.0656. The van der Waals surface area contributed by atoms with E-state index < -0.39 is 5.97 Å². The van der Waals surface area contributed by atoms with E-state index in [0.717, 1.165) is 16.9 Å².